The molecule has 0 amide bonds. The van der Waals surface area contributed by atoms with Crippen LogP contribution in [0.2, 0.25) is 0 Å². The first-order chi connectivity index (χ1) is 27.8. The molecule has 3 aromatic heterocycles. The van der Waals surface area contributed by atoms with Crippen LogP contribution in [0, 0.1) is 0 Å². The van der Waals surface area contributed by atoms with Crippen LogP contribution in [0.15, 0.2) is 194 Å². The summed E-state index contributed by atoms with van der Waals surface area (Å²) in [4.78, 5) is 10.5. The molecule has 0 aliphatic rings. The predicted octanol–water partition coefficient (Wildman–Crippen LogP) is 13.5. The molecule has 0 spiro atoms. The second-order valence-corrected chi connectivity index (χ2v) is 14.6. The molecule has 0 radical (unpaired) electrons. The van der Waals surface area contributed by atoms with Gasteiger partial charge in [0.15, 0.2) is 5.82 Å². The summed E-state index contributed by atoms with van der Waals surface area (Å²) >= 11 is 0. The summed E-state index contributed by atoms with van der Waals surface area (Å²) < 4.78 is 4.75. The smallest absolute Gasteiger partial charge is 0.160 e. The van der Waals surface area contributed by atoms with Crippen molar-refractivity contribution >= 4 is 76.1 Å². The first kappa shape index (κ1) is 30.9. The minimum Gasteiger partial charge on any atom is -0.309 e. The van der Waals surface area contributed by atoms with Gasteiger partial charge in [-0.25, -0.2) is 9.97 Å². The van der Waals surface area contributed by atoms with Gasteiger partial charge in [0.05, 0.1) is 33.3 Å². The zero-order valence-electron chi connectivity index (χ0n) is 30.3. The second-order valence-electron chi connectivity index (χ2n) is 14.6. The Hall–Kier alpha value is -7.56. The Morgan fingerprint density at radius 2 is 0.839 bits per heavy atom. The largest absolute Gasteiger partial charge is 0.309 e. The molecule has 0 aliphatic heterocycles. The summed E-state index contributed by atoms with van der Waals surface area (Å²) in [6, 6.07) is 69.5. The lowest BCUT2D eigenvalue weighted by molar-refractivity contribution is 1.17. The van der Waals surface area contributed by atoms with Crippen LogP contribution in [-0.2, 0) is 0 Å². The van der Waals surface area contributed by atoms with Crippen LogP contribution in [0.4, 0.5) is 0 Å². The standard InChI is InChI=1S/C52H32N4/c1-2-14-37(15-3-1)55-45-21-11-9-18-41(45)43-32-36(26-29-46(43)55)51-42-19-8-10-20-44(42)53-52(54-51)35-22-27-38(28-23-35)56-47-30-24-33-12-4-6-16-39(33)49(47)50-40-17-7-5-13-34(40)25-31-48(50)56/h1-32H. The van der Waals surface area contributed by atoms with E-state index in [-0.39, 0.29) is 0 Å². The van der Waals surface area contributed by atoms with Crippen LogP contribution >= 0.6 is 0 Å². The van der Waals surface area contributed by atoms with E-state index < -0.39 is 0 Å². The molecule has 0 bridgehead atoms. The minimum absolute atomic E-state index is 0.705. The number of rotatable bonds is 4. The van der Waals surface area contributed by atoms with Crippen LogP contribution in [0.25, 0.3) is 110 Å². The van der Waals surface area contributed by atoms with E-state index in [0.29, 0.717) is 5.82 Å². The lowest BCUT2D eigenvalue weighted by atomic mass is 10.00. The number of para-hydroxylation sites is 3. The Labute approximate surface area is 322 Å². The molecule has 12 rings (SSSR count). The van der Waals surface area contributed by atoms with E-state index >= 15 is 0 Å². The molecule has 0 fully saturated rings. The monoisotopic (exact) mass is 712 g/mol. The number of benzene rings is 9. The molecule has 12 aromatic rings. The van der Waals surface area contributed by atoms with E-state index in [4.69, 9.17) is 9.97 Å². The van der Waals surface area contributed by atoms with Crippen LogP contribution in [0.1, 0.15) is 0 Å². The maximum Gasteiger partial charge on any atom is 0.160 e. The van der Waals surface area contributed by atoms with Crippen molar-refractivity contribution < 1.29 is 0 Å². The molecule has 0 atom stereocenters. The molecule has 3 heterocycles. The van der Waals surface area contributed by atoms with E-state index in [1.807, 2.05) is 0 Å². The number of hydrogen-bond donors (Lipinski definition) is 0. The van der Waals surface area contributed by atoms with Gasteiger partial charge in [-0.1, -0.05) is 121 Å². The summed E-state index contributed by atoms with van der Waals surface area (Å²) in [6.07, 6.45) is 0. The summed E-state index contributed by atoms with van der Waals surface area (Å²) in [6.45, 7) is 0. The Balaban J connectivity index is 1.02. The molecular weight excluding hydrogens is 681 g/mol. The van der Waals surface area contributed by atoms with Gasteiger partial charge in [0.2, 0.25) is 0 Å². The fourth-order valence-electron chi connectivity index (χ4n) is 8.99. The molecule has 260 valence electrons. The van der Waals surface area contributed by atoms with Crippen molar-refractivity contribution in [2.45, 2.75) is 0 Å². The van der Waals surface area contributed by atoms with Crippen LogP contribution in [-0.4, -0.2) is 19.1 Å². The third-order valence-electron chi connectivity index (χ3n) is 11.5. The van der Waals surface area contributed by atoms with Crippen molar-refractivity contribution in [3.8, 4) is 34.0 Å². The van der Waals surface area contributed by atoms with Crippen molar-refractivity contribution in [1.29, 1.82) is 0 Å². The van der Waals surface area contributed by atoms with Crippen LogP contribution in [0.5, 0.6) is 0 Å². The maximum atomic E-state index is 5.33. The summed E-state index contributed by atoms with van der Waals surface area (Å²) in [7, 11) is 0. The first-order valence-electron chi connectivity index (χ1n) is 19.1. The maximum absolute atomic E-state index is 5.33. The fourth-order valence-corrected chi connectivity index (χ4v) is 8.99. The lowest BCUT2D eigenvalue weighted by Gasteiger charge is -2.12. The minimum atomic E-state index is 0.705. The molecule has 9 aromatic carbocycles. The SMILES string of the molecule is c1ccc(-n2c3ccccc3c3cc(-c4nc(-c5ccc(-n6c7ccc8ccccc8c7c7c8ccccc8ccc76)cc5)nc5ccccc45)ccc32)cc1. The predicted molar refractivity (Wildman–Crippen MR) is 234 cm³/mol. The highest BCUT2D eigenvalue weighted by Gasteiger charge is 2.19. The normalized spacial score (nSPS) is 11.9. The number of hydrogen-bond acceptors (Lipinski definition) is 2. The summed E-state index contributed by atoms with van der Waals surface area (Å²) in [5.74, 6) is 0.705. The zero-order valence-corrected chi connectivity index (χ0v) is 30.3. The molecule has 0 saturated heterocycles. The molecule has 4 nitrogen and oxygen atoms in total. The molecule has 0 N–H and O–H groups in total. The Bertz CT molecular complexity index is 3430. The van der Waals surface area contributed by atoms with Gasteiger partial charge in [-0.3, -0.25) is 0 Å². The van der Waals surface area contributed by atoms with Gasteiger partial charge in [-0.2, -0.15) is 0 Å². The first-order valence-corrected chi connectivity index (χ1v) is 19.1. The van der Waals surface area contributed by atoms with Gasteiger partial charge in [0.25, 0.3) is 0 Å². The average Bonchev–Trinajstić information content (AvgIpc) is 3.79. The molecule has 0 saturated carbocycles. The van der Waals surface area contributed by atoms with Gasteiger partial charge >= 0.3 is 0 Å². The summed E-state index contributed by atoms with van der Waals surface area (Å²) in [5.41, 5.74) is 10.9. The van der Waals surface area contributed by atoms with Gasteiger partial charge in [0, 0.05) is 49.4 Å². The van der Waals surface area contributed by atoms with E-state index in [0.717, 1.165) is 39.1 Å². The Kier molecular flexibility index (Phi) is 6.60. The van der Waals surface area contributed by atoms with E-state index in [9.17, 15) is 0 Å². The molecule has 4 heteroatoms. The van der Waals surface area contributed by atoms with Gasteiger partial charge < -0.3 is 9.13 Å². The van der Waals surface area contributed by atoms with E-state index in [1.165, 1.54) is 65.2 Å². The number of nitrogens with zero attached hydrogens (tertiary/aromatic N) is 4. The third-order valence-corrected chi connectivity index (χ3v) is 11.5. The summed E-state index contributed by atoms with van der Waals surface area (Å²) in [5, 5.41) is 11.0. The Morgan fingerprint density at radius 1 is 0.321 bits per heavy atom. The fraction of sp³-hybridized carbons (Fsp3) is 0. The van der Waals surface area contributed by atoms with Gasteiger partial charge in [-0.15, -0.1) is 0 Å². The second kappa shape index (κ2) is 12.0. The molecule has 0 unspecified atom stereocenters. The molecular formula is C52H32N4. The lowest BCUT2D eigenvalue weighted by Crippen LogP contribution is -1.97. The number of fused-ring (bicyclic) bond motifs is 11. The highest BCUT2D eigenvalue weighted by Crippen LogP contribution is 2.41. The van der Waals surface area contributed by atoms with Crippen molar-refractivity contribution in [3.63, 3.8) is 0 Å². The average molecular weight is 713 g/mol. The third kappa shape index (κ3) is 4.53. The topological polar surface area (TPSA) is 35.6 Å². The number of aromatic nitrogens is 4. The highest BCUT2D eigenvalue weighted by atomic mass is 15.0. The van der Waals surface area contributed by atoms with Crippen LogP contribution < -0.4 is 0 Å². The van der Waals surface area contributed by atoms with Crippen LogP contribution in [0.3, 0.4) is 0 Å². The highest BCUT2D eigenvalue weighted by molar-refractivity contribution is 6.28. The van der Waals surface area contributed by atoms with Gasteiger partial charge in [0.1, 0.15) is 0 Å². The van der Waals surface area contributed by atoms with E-state index in [2.05, 4.69) is 203 Å². The van der Waals surface area contributed by atoms with E-state index in [1.54, 1.807) is 0 Å². The molecule has 56 heavy (non-hydrogen) atoms. The van der Waals surface area contributed by atoms with Crippen molar-refractivity contribution in [2.24, 2.45) is 0 Å². The van der Waals surface area contributed by atoms with Crippen molar-refractivity contribution in [2.75, 3.05) is 0 Å². The zero-order chi connectivity index (χ0) is 36.7. The van der Waals surface area contributed by atoms with Gasteiger partial charge in [-0.05, 0) is 94.3 Å². The van der Waals surface area contributed by atoms with Crippen molar-refractivity contribution in [3.05, 3.63) is 194 Å². The molecule has 0 aliphatic carbocycles. The van der Waals surface area contributed by atoms with Crippen molar-refractivity contribution in [1.82, 2.24) is 19.1 Å². The quantitative estimate of drug-likeness (QED) is 0.182. The Morgan fingerprint density at radius 3 is 1.55 bits per heavy atom.